The summed E-state index contributed by atoms with van der Waals surface area (Å²) in [6, 6.07) is 16.6. The zero-order valence-electron chi connectivity index (χ0n) is 17.1. The highest BCUT2D eigenvalue weighted by Gasteiger charge is 2.03. The first-order chi connectivity index (χ1) is 13.7. The quantitative estimate of drug-likeness (QED) is 0.292. The molecule has 0 aliphatic carbocycles. The fourth-order valence-electron chi connectivity index (χ4n) is 2.94. The molecule has 7 heteroatoms. The van der Waals surface area contributed by atoms with Crippen molar-refractivity contribution in [2.24, 2.45) is 4.99 Å². The maximum Gasteiger partial charge on any atom is 0.191 e. The number of aryl methyl sites for hydroxylation is 1. The molecular formula is C22H28IN5O. The lowest BCUT2D eigenvalue weighted by molar-refractivity contribution is 0.411. The molecule has 0 amide bonds. The van der Waals surface area contributed by atoms with Gasteiger partial charge in [-0.3, -0.25) is 4.99 Å². The lowest BCUT2D eigenvalue weighted by Crippen LogP contribution is -2.37. The van der Waals surface area contributed by atoms with Gasteiger partial charge in [0.2, 0.25) is 0 Å². The number of aromatic nitrogens is 2. The molecule has 0 aliphatic heterocycles. The van der Waals surface area contributed by atoms with Gasteiger partial charge in [0, 0.05) is 32.5 Å². The van der Waals surface area contributed by atoms with Crippen LogP contribution < -0.4 is 15.4 Å². The van der Waals surface area contributed by atoms with Gasteiger partial charge in [0.25, 0.3) is 0 Å². The van der Waals surface area contributed by atoms with E-state index >= 15 is 0 Å². The second-order valence-electron chi connectivity index (χ2n) is 6.52. The third kappa shape index (κ3) is 6.49. The Morgan fingerprint density at radius 3 is 2.52 bits per heavy atom. The van der Waals surface area contributed by atoms with Gasteiger partial charge in [-0.15, -0.1) is 24.0 Å². The van der Waals surface area contributed by atoms with Crippen molar-refractivity contribution >= 4 is 29.9 Å². The van der Waals surface area contributed by atoms with Crippen molar-refractivity contribution in [2.45, 2.75) is 19.9 Å². The largest absolute Gasteiger partial charge is 0.496 e. The van der Waals surface area contributed by atoms with E-state index in [4.69, 9.17) is 4.74 Å². The molecule has 0 saturated carbocycles. The van der Waals surface area contributed by atoms with Crippen LogP contribution in [-0.4, -0.2) is 36.4 Å². The lowest BCUT2D eigenvalue weighted by atomic mass is 10.1. The monoisotopic (exact) mass is 505 g/mol. The first-order valence-electron chi connectivity index (χ1n) is 9.36. The molecule has 0 radical (unpaired) electrons. The summed E-state index contributed by atoms with van der Waals surface area (Å²) in [6.45, 7) is 3.53. The molecule has 29 heavy (non-hydrogen) atoms. The van der Waals surface area contributed by atoms with E-state index in [9.17, 15) is 0 Å². The summed E-state index contributed by atoms with van der Waals surface area (Å²) in [5, 5.41) is 10.9. The zero-order chi connectivity index (χ0) is 19.8. The first-order valence-corrected chi connectivity index (χ1v) is 9.36. The summed E-state index contributed by atoms with van der Waals surface area (Å²) in [5.41, 5.74) is 4.61. The van der Waals surface area contributed by atoms with Gasteiger partial charge < -0.3 is 15.4 Å². The van der Waals surface area contributed by atoms with Gasteiger partial charge in [0.15, 0.2) is 5.96 Å². The van der Waals surface area contributed by atoms with E-state index in [2.05, 4.69) is 63.2 Å². The molecule has 2 aromatic carbocycles. The summed E-state index contributed by atoms with van der Waals surface area (Å²) < 4.78 is 7.24. The second kappa shape index (κ2) is 11.5. The minimum absolute atomic E-state index is 0. The number of benzene rings is 2. The molecule has 6 nitrogen and oxygen atoms in total. The molecule has 0 bridgehead atoms. The van der Waals surface area contributed by atoms with Crippen LogP contribution in [0, 0.1) is 6.92 Å². The van der Waals surface area contributed by atoms with Crippen molar-refractivity contribution in [3.8, 4) is 11.4 Å². The Bertz CT molecular complexity index is 907. The molecule has 0 unspecified atom stereocenters. The highest BCUT2D eigenvalue weighted by molar-refractivity contribution is 14.0. The van der Waals surface area contributed by atoms with Crippen LogP contribution in [0.25, 0.3) is 5.69 Å². The van der Waals surface area contributed by atoms with Crippen LogP contribution in [0.5, 0.6) is 5.75 Å². The lowest BCUT2D eigenvalue weighted by Gasteiger charge is -2.13. The van der Waals surface area contributed by atoms with E-state index in [1.807, 2.05) is 23.9 Å². The molecule has 0 saturated heterocycles. The molecule has 0 atom stereocenters. The maximum atomic E-state index is 5.39. The van der Waals surface area contributed by atoms with Crippen LogP contribution >= 0.6 is 24.0 Å². The number of guanidine groups is 1. The molecule has 0 fully saturated rings. The maximum absolute atomic E-state index is 5.39. The average molecular weight is 505 g/mol. The normalized spacial score (nSPS) is 10.9. The predicted octanol–water partition coefficient (Wildman–Crippen LogP) is 3.72. The molecule has 0 aliphatic rings. The SMILES string of the molecule is CN=C(NCCc1ccc(-n2cccn2)cc1)NCc1ccc(C)c(OC)c1.I. The van der Waals surface area contributed by atoms with Gasteiger partial charge in [-0.25, -0.2) is 4.68 Å². The minimum atomic E-state index is 0. The third-order valence-corrected chi connectivity index (χ3v) is 4.57. The van der Waals surface area contributed by atoms with Gasteiger partial charge >= 0.3 is 0 Å². The van der Waals surface area contributed by atoms with E-state index < -0.39 is 0 Å². The van der Waals surface area contributed by atoms with Gasteiger partial charge in [0.1, 0.15) is 5.75 Å². The number of methoxy groups -OCH3 is 1. The van der Waals surface area contributed by atoms with Gasteiger partial charge in [-0.1, -0.05) is 24.3 Å². The van der Waals surface area contributed by atoms with Gasteiger partial charge in [-0.2, -0.15) is 5.10 Å². The Morgan fingerprint density at radius 1 is 1.10 bits per heavy atom. The fourth-order valence-corrected chi connectivity index (χ4v) is 2.94. The number of aliphatic imine (C=N–C) groups is 1. The Hall–Kier alpha value is -2.55. The van der Waals surface area contributed by atoms with Crippen molar-refractivity contribution in [1.29, 1.82) is 0 Å². The van der Waals surface area contributed by atoms with Crippen LogP contribution in [0.15, 0.2) is 65.9 Å². The number of ether oxygens (including phenoxy) is 1. The molecule has 3 rings (SSSR count). The third-order valence-electron chi connectivity index (χ3n) is 4.57. The minimum Gasteiger partial charge on any atom is -0.496 e. The number of hydrogen-bond acceptors (Lipinski definition) is 3. The van der Waals surface area contributed by atoms with Crippen molar-refractivity contribution in [3.63, 3.8) is 0 Å². The van der Waals surface area contributed by atoms with E-state index in [-0.39, 0.29) is 24.0 Å². The number of nitrogens with zero attached hydrogens (tertiary/aromatic N) is 3. The first kappa shape index (κ1) is 22.7. The average Bonchev–Trinajstić information content (AvgIpc) is 3.27. The smallest absolute Gasteiger partial charge is 0.191 e. The Labute approximate surface area is 189 Å². The summed E-state index contributed by atoms with van der Waals surface area (Å²) in [6.07, 6.45) is 4.64. The molecule has 2 N–H and O–H groups in total. The molecular weight excluding hydrogens is 477 g/mol. The van der Waals surface area contributed by atoms with Crippen molar-refractivity contribution in [3.05, 3.63) is 77.6 Å². The topological polar surface area (TPSA) is 63.5 Å². The summed E-state index contributed by atoms with van der Waals surface area (Å²) in [5.74, 6) is 1.69. The zero-order valence-corrected chi connectivity index (χ0v) is 19.4. The van der Waals surface area contributed by atoms with E-state index in [1.54, 1.807) is 20.4 Å². The van der Waals surface area contributed by atoms with Crippen LogP contribution in [0.3, 0.4) is 0 Å². The van der Waals surface area contributed by atoms with Crippen LogP contribution in [0.1, 0.15) is 16.7 Å². The summed E-state index contributed by atoms with van der Waals surface area (Å²) >= 11 is 0. The van der Waals surface area contributed by atoms with E-state index in [0.717, 1.165) is 41.5 Å². The summed E-state index contributed by atoms with van der Waals surface area (Å²) in [4.78, 5) is 4.29. The van der Waals surface area contributed by atoms with Crippen molar-refractivity contribution < 1.29 is 4.74 Å². The second-order valence-corrected chi connectivity index (χ2v) is 6.52. The molecule has 1 heterocycles. The molecule has 3 aromatic rings. The number of hydrogen-bond donors (Lipinski definition) is 2. The molecule has 1 aromatic heterocycles. The number of halogens is 1. The van der Waals surface area contributed by atoms with Crippen molar-refractivity contribution in [2.75, 3.05) is 20.7 Å². The number of rotatable bonds is 7. The van der Waals surface area contributed by atoms with Gasteiger partial charge in [-0.05, 0) is 54.3 Å². The molecule has 154 valence electrons. The molecule has 0 spiro atoms. The Kier molecular flexibility index (Phi) is 8.98. The van der Waals surface area contributed by atoms with Crippen molar-refractivity contribution in [1.82, 2.24) is 20.4 Å². The van der Waals surface area contributed by atoms with Crippen LogP contribution in [0.2, 0.25) is 0 Å². The van der Waals surface area contributed by atoms with Crippen LogP contribution in [-0.2, 0) is 13.0 Å². The number of nitrogens with one attached hydrogen (secondary N) is 2. The Balaban J connectivity index is 0.00000300. The highest BCUT2D eigenvalue weighted by Crippen LogP contribution is 2.18. The summed E-state index contributed by atoms with van der Waals surface area (Å²) in [7, 11) is 3.48. The van der Waals surface area contributed by atoms with E-state index in [0.29, 0.717) is 6.54 Å². The van der Waals surface area contributed by atoms with Gasteiger partial charge in [0.05, 0.1) is 12.8 Å². The van der Waals surface area contributed by atoms with E-state index in [1.165, 1.54) is 5.56 Å². The highest BCUT2D eigenvalue weighted by atomic mass is 127. The fraction of sp³-hybridized carbons (Fsp3) is 0.273. The predicted molar refractivity (Wildman–Crippen MR) is 129 cm³/mol. The Morgan fingerprint density at radius 2 is 1.86 bits per heavy atom. The van der Waals surface area contributed by atoms with Crippen LogP contribution in [0.4, 0.5) is 0 Å². The standard InChI is InChI=1S/C22H27N5O.HI/c1-17-5-6-19(15-21(17)28-3)16-25-22(23-2)24-13-11-18-7-9-20(10-8-18)27-14-4-12-26-27;/h4-10,12,14-15H,11,13,16H2,1-3H3,(H2,23,24,25);1H.